The van der Waals surface area contributed by atoms with E-state index >= 15 is 0 Å². The molecule has 1 aromatic carbocycles. The number of carbonyl (C=O) groups is 4. The molecule has 69 heavy (non-hydrogen) atoms. The number of esters is 1. The third kappa shape index (κ3) is 13.4. The van der Waals surface area contributed by atoms with Gasteiger partial charge in [0.1, 0.15) is 29.5 Å². The lowest BCUT2D eigenvalue weighted by Crippen LogP contribution is -2.61. The smallest absolute Gasteiger partial charge is 0.410 e. The van der Waals surface area contributed by atoms with Gasteiger partial charge in [0, 0.05) is 68.4 Å². The lowest BCUT2D eigenvalue weighted by atomic mass is 9.78. The number of carbonyl (C=O) groups excluding carboxylic acids is 4. The van der Waals surface area contributed by atoms with Gasteiger partial charge in [-0.25, -0.2) is 9.78 Å². The second-order valence-electron chi connectivity index (χ2n) is 19.2. The van der Waals surface area contributed by atoms with Crippen molar-refractivity contribution >= 4 is 29.4 Å². The predicted octanol–water partition coefficient (Wildman–Crippen LogP) is 4.12. The van der Waals surface area contributed by atoms with Crippen LogP contribution in [0.25, 0.3) is 11.3 Å². The highest BCUT2D eigenvalue weighted by Crippen LogP contribution is 2.40. The number of anilines is 1. The van der Waals surface area contributed by atoms with Crippen LogP contribution in [0.1, 0.15) is 98.0 Å². The molecule has 0 aliphatic carbocycles. The molecule has 2 unspecified atom stereocenters. The monoisotopic (exact) mass is 965 g/mol. The Morgan fingerprint density at radius 3 is 2.49 bits per heavy atom. The number of benzene rings is 1. The number of likely N-dealkylation sites (N-methyl/N-ethyl adjacent to an activating group) is 1. The average molecular weight is 965 g/mol. The van der Waals surface area contributed by atoms with Gasteiger partial charge in [0.15, 0.2) is 17.7 Å². The van der Waals surface area contributed by atoms with Crippen LogP contribution in [0.15, 0.2) is 49.1 Å². The van der Waals surface area contributed by atoms with Crippen molar-refractivity contribution in [1.82, 2.24) is 45.4 Å². The van der Waals surface area contributed by atoms with E-state index in [1.165, 1.54) is 25.5 Å². The van der Waals surface area contributed by atoms with E-state index in [9.17, 15) is 24.3 Å². The Morgan fingerprint density at radius 2 is 1.84 bits per heavy atom. The molecule has 2 aliphatic rings. The lowest BCUT2D eigenvalue weighted by molar-refractivity contribution is -0.266. The number of aryl methyl sites for hydroxylation is 1. The number of hydrogen-bond donors (Lipinski definition) is 4. The molecule has 5 rings (SSSR count). The third-order valence-electron chi connectivity index (χ3n) is 13.8. The van der Waals surface area contributed by atoms with Gasteiger partial charge in [-0.2, -0.15) is 0 Å². The van der Waals surface area contributed by atoms with Crippen molar-refractivity contribution in [3.63, 3.8) is 0 Å². The van der Waals surface area contributed by atoms with E-state index in [0.717, 1.165) is 5.56 Å². The summed E-state index contributed by atoms with van der Waals surface area (Å²) in [6.07, 6.45) is 3.63. The van der Waals surface area contributed by atoms with Gasteiger partial charge >= 0.3 is 12.1 Å². The summed E-state index contributed by atoms with van der Waals surface area (Å²) in [4.78, 5) is 67.2. The Morgan fingerprint density at radius 1 is 1.10 bits per heavy atom. The van der Waals surface area contributed by atoms with Gasteiger partial charge < -0.3 is 50.1 Å². The number of nitrogens with zero attached hydrogens (tertiary/aromatic N) is 7. The summed E-state index contributed by atoms with van der Waals surface area (Å²) >= 11 is 0. The first-order valence-corrected chi connectivity index (χ1v) is 24.2. The molecule has 2 aromatic heterocycles. The summed E-state index contributed by atoms with van der Waals surface area (Å²) in [5.41, 5.74) is 5.87. The van der Waals surface area contributed by atoms with Crippen LogP contribution in [0.2, 0.25) is 0 Å². The van der Waals surface area contributed by atoms with E-state index in [0.29, 0.717) is 63.1 Å². The Balaban J connectivity index is 1.38. The first-order chi connectivity index (χ1) is 32.8. The molecule has 20 nitrogen and oxygen atoms in total. The van der Waals surface area contributed by atoms with Crippen LogP contribution < -0.4 is 16.4 Å². The topological polar surface area (TPSA) is 248 Å². The number of ketones is 1. The summed E-state index contributed by atoms with van der Waals surface area (Å²) in [6.45, 7) is 16.0. The molecule has 0 saturated carbocycles. The molecule has 2 saturated heterocycles. The fraction of sp³-hybridized carbons (Fsp3) is 0.673. The maximum Gasteiger partial charge on any atom is 0.410 e. The normalized spacial score (nSPS) is 28.5. The second kappa shape index (κ2) is 24.6. The molecule has 0 bridgehead atoms. The van der Waals surface area contributed by atoms with Crippen molar-refractivity contribution in [2.24, 2.45) is 17.8 Å². The number of cyclic esters (lactones) is 1. The zero-order valence-electron chi connectivity index (χ0n) is 42.3. The van der Waals surface area contributed by atoms with Crippen molar-refractivity contribution in [1.29, 1.82) is 0 Å². The van der Waals surface area contributed by atoms with Gasteiger partial charge in [-0.1, -0.05) is 45.0 Å². The maximum atomic E-state index is 14.7. The first kappa shape index (κ1) is 54.8. The van der Waals surface area contributed by atoms with E-state index < -0.39 is 83.5 Å². The number of nitrogens with one attached hydrogen (secondary N) is 2. The zero-order valence-corrected chi connectivity index (χ0v) is 42.3. The molecule has 0 spiro atoms. The molecule has 382 valence electrons. The van der Waals surface area contributed by atoms with Crippen LogP contribution >= 0.6 is 0 Å². The number of methoxy groups -OCH3 is 1. The van der Waals surface area contributed by atoms with Gasteiger partial charge in [0.2, 0.25) is 0 Å². The summed E-state index contributed by atoms with van der Waals surface area (Å²) in [6, 6.07) is 6.12. The fourth-order valence-corrected chi connectivity index (χ4v) is 9.96. The van der Waals surface area contributed by atoms with Gasteiger partial charge in [-0.3, -0.25) is 28.9 Å². The number of rotatable bonds is 19. The summed E-state index contributed by atoms with van der Waals surface area (Å²) < 4.78 is 33.7. The molecule has 0 radical (unpaired) electrons. The number of aliphatic hydroxyl groups excluding tert-OH is 1. The molecule has 2 amide bonds. The Hall–Kier alpha value is -5.12. The van der Waals surface area contributed by atoms with Crippen LogP contribution in [-0.4, -0.2) is 165 Å². The Kier molecular flexibility index (Phi) is 19.6. The number of fused-ring (bicyclic) bond motifs is 1. The minimum absolute atomic E-state index is 0.0476. The number of Topliss-reactive ketones (excluding diaryl/α,β-unsaturated/α-hetero) is 1. The molecular formula is C49H76N10O10. The molecule has 2 fully saturated rings. The third-order valence-corrected chi connectivity index (χ3v) is 13.8. The minimum atomic E-state index is -1.30. The maximum absolute atomic E-state index is 14.7. The molecule has 2 aliphatic heterocycles. The van der Waals surface area contributed by atoms with Crippen LogP contribution in [0.3, 0.4) is 0 Å². The van der Waals surface area contributed by atoms with Crippen LogP contribution in [0.4, 0.5) is 10.5 Å². The number of aromatic nitrogens is 5. The summed E-state index contributed by atoms with van der Waals surface area (Å²) in [5.74, 6) is -4.05. The lowest BCUT2D eigenvalue weighted by Gasteiger charge is -2.44. The van der Waals surface area contributed by atoms with Crippen LogP contribution in [-0.2, 0) is 39.8 Å². The highest BCUT2D eigenvalue weighted by molar-refractivity contribution is 6.00. The largest absolute Gasteiger partial charge is 0.458 e. The summed E-state index contributed by atoms with van der Waals surface area (Å²) in [5, 5.41) is 27.0. The number of nitrogens with two attached hydrogens (primary N) is 1. The predicted molar refractivity (Wildman–Crippen MR) is 257 cm³/mol. The van der Waals surface area contributed by atoms with E-state index in [4.69, 9.17) is 29.4 Å². The van der Waals surface area contributed by atoms with Gasteiger partial charge in [-0.15, -0.1) is 5.10 Å². The Bertz CT molecular complexity index is 2150. The van der Waals surface area contributed by atoms with Crippen LogP contribution in [0, 0.1) is 17.8 Å². The number of amides is 2. The average Bonchev–Trinajstić information content (AvgIpc) is 3.91. The van der Waals surface area contributed by atoms with E-state index in [-0.39, 0.29) is 30.8 Å². The first-order valence-electron chi connectivity index (χ1n) is 24.2. The fourth-order valence-electron chi connectivity index (χ4n) is 9.96. The summed E-state index contributed by atoms with van der Waals surface area (Å²) in [7, 11) is 5.22. The van der Waals surface area contributed by atoms with Crippen LogP contribution in [0.5, 0.6) is 0 Å². The van der Waals surface area contributed by atoms with Crippen molar-refractivity contribution in [2.45, 2.75) is 148 Å². The van der Waals surface area contributed by atoms with Crippen molar-refractivity contribution < 1.29 is 48.0 Å². The van der Waals surface area contributed by atoms with E-state index in [2.05, 4.69) is 37.8 Å². The van der Waals surface area contributed by atoms with E-state index in [1.54, 1.807) is 30.5 Å². The SMILES string of the molecule is CCC(C(O)[C@@H](OCCNC(=O)c1cnccn1)O[C@@H]1[C@@H](C)C(=O)[C@@H](C)C(=O)O[C@H](CC)[C@@]2(C)OC(=O)N(CCCCn3cc(-c4cccc(N)c4)nn3)[C@@H]2[C@@H](C)NC[C@H](C)C[C@@]1(C)OC)N(C)C. The number of aliphatic hydroxyl groups is 1. The quantitative estimate of drug-likeness (QED) is 0.0434. The van der Waals surface area contributed by atoms with Gasteiger partial charge in [-0.05, 0) is 98.5 Å². The molecule has 12 atom stereocenters. The molecule has 20 heteroatoms. The highest BCUT2D eigenvalue weighted by atomic mass is 16.7. The number of unbranched alkanes of at least 4 members (excludes halogenated alkanes) is 1. The zero-order chi connectivity index (χ0) is 50.6. The van der Waals surface area contributed by atoms with E-state index in [1.807, 2.05) is 77.2 Å². The highest BCUT2D eigenvalue weighted by Gasteiger charge is 2.58. The van der Waals surface area contributed by atoms with Crippen molar-refractivity contribution in [2.75, 3.05) is 53.2 Å². The molecule has 4 heterocycles. The molecular weight excluding hydrogens is 889 g/mol. The minimum Gasteiger partial charge on any atom is -0.458 e. The number of hydrogen-bond acceptors (Lipinski definition) is 17. The second-order valence-corrected chi connectivity index (χ2v) is 19.2. The van der Waals surface area contributed by atoms with Gasteiger partial charge in [0.05, 0.1) is 36.7 Å². The number of ether oxygens (including phenoxy) is 5. The standard InChI is InChI=1S/C49H76N10O10/c1-12-38(57(9)10)41(61)46(66-24-21-53-44(62)36-28-51-19-20-52-36)68-43-31(4)40(60)32(5)45(63)67-39(13-2)49(8)42(33(6)54-27-30(3)26-48(43,7)65-11)59(47(64)69-49)23-15-14-22-58-29-37(55-56-58)34-17-16-18-35(50)25-34/h16-20,25,28-33,38-39,41-43,46,54,61H,12-15,21-24,26-27,50H2,1-11H3,(H,53,62)/t30-,31+,32-,33-,38?,39-,41?,42-,43-,46+,48-,49-/m1/s1. The Labute approximate surface area is 406 Å². The number of nitrogen functional groups attached to an aromatic ring is 1. The molecule has 5 N–H and O–H groups in total. The van der Waals surface area contributed by atoms with Crippen molar-refractivity contribution in [3.05, 3.63) is 54.7 Å². The van der Waals surface area contributed by atoms with Crippen molar-refractivity contribution in [3.8, 4) is 11.3 Å². The molecule has 3 aromatic rings. The van der Waals surface area contributed by atoms with Gasteiger partial charge in [0.25, 0.3) is 5.91 Å².